The molecule has 7 nitrogen and oxygen atoms in total. The van der Waals surface area contributed by atoms with Crippen molar-refractivity contribution in [1.29, 1.82) is 0 Å². The molecule has 2 N–H and O–H groups in total. The minimum Gasteiger partial charge on any atom is -0.296 e. The second kappa shape index (κ2) is 7.51. The number of nitrogens with two attached hydrogens (primary N) is 1. The molecule has 0 amide bonds. The van der Waals surface area contributed by atoms with Gasteiger partial charge in [-0.1, -0.05) is 0 Å². The van der Waals surface area contributed by atoms with Crippen LogP contribution in [0.4, 0.5) is 0 Å². The number of nitrogens with zero attached hydrogens (tertiary/aromatic N) is 2. The van der Waals surface area contributed by atoms with Gasteiger partial charge in [0, 0.05) is 37.1 Å². The maximum absolute atomic E-state index is 12.9. The fourth-order valence-corrected chi connectivity index (χ4v) is 6.85. The number of hydrogen-bond donors (Lipinski definition) is 1. The Kier molecular flexibility index (Phi) is 5.36. The van der Waals surface area contributed by atoms with E-state index in [9.17, 15) is 16.8 Å². The topological polar surface area (TPSA) is 101 Å². The molecule has 0 atom stereocenters. The summed E-state index contributed by atoms with van der Waals surface area (Å²) in [6.45, 7) is 2.92. The van der Waals surface area contributed by atoms with Crippen molar-refractivity contribution in [1.82, 2.24) is 9.21 Å². The molecule has 0 aliphatic carbocycles. The summed E-state index contributed by atoms with van der Waals surface area (Å²) in [5, 5.41) is 7.22. The van der Waals surface area contributed by atoms with E-state index >= 15 is 0 Å². The van der Waals surface area contributed by atoms with E-state index in [2.05, 4.69) is 16.3 Å². The first-order valence-corrected chi connectivity index (χ1v) is 13.0. The average molecular weight is 442 g/mol. The Hall–Kier alpha value is -1.30. The Bertz CT molecular complexity index is 1050. The Morgan fingerprint density at radius 2 is 1.57 bits per heavy atom. The van der Waals surface area contributed by atoms with Gasteiger partial charge in [-0.3, -0.25) is 4.90 Å². The van der Waals surface area contributed by atoms with E-state index in [0.29, 0.717) is 19.1 Å². The summed E-state index contributed by atoms with van der Waals surface area (Å²) in [7, 11) is -7.48. The molecule has 1 saturated heterocycles. The lowest BCUT2D eigenvalue weighted by atomic mass is 10.0. The molecule has 0 unspecified atom stereocenters. The van der Waals surface area contributed by atoms with Gasteiger partial charge in [0.1, 0.15) is 0 Å². The molecule has 2 aliphatic rings. The lowest BCUT2D eigenvalue weighted by Crippen LogP contribution is -2.47. The lowest BCUT2D eigenvalue weighted by Gasteiger charge is -2.39. The SMILES string of the molecule is NS(=O)(=O)c1ccc(S(=O)(=O)N2CCC(N3CCc4sccc4C3)CC2)cc1. The third kappa shape index (κ3) is 3.89. The van der Waals surface area contributed by atoms with E-state index in [1.807, 2.05) is 11.3 Å². The normalized spacial score (nSPS) is 20.2. The smallest absolute Gasteiger partial charge is 0.243 e. The molecule has 0 radical (unpaired) electrons. The van der Waals surface area contributed by atoms with Crippen molar-refractivity contribution in [3.63, 3.8) is 0 Å². The van der Waals surface area contributed by atoms with E-state index in [4.69, 9.17) is 5.14 Å². The molecule has 3 heterocycles. The van der Waals surface area contributed by atoms with Crippen LogP contribution in [0.3, 0.4) is 0 Å². The van der Waals surface area contributed by atoms with Crippen LogP contribution in [0.2, 0.25) is 0 Å². The highest BCUT2D eigenvalue weighted by atomic mass is 32.2. The Balaban J connectivity index is 1.41. The van der Waals surface area contributed by atoms with Crippen LogP contribution >= 0.6 is 11.3 Å². The predicted molar refractivity (Wildman–Crippen MR) is 108 cm³/mol. The second-order valence-electron chi connectivity index (χ2n) is 7.24. The second-order valence-corrected chi connectivity index (χ2v) is 11.7. The molecule has 4 rings (SSSR count). The zero-order chi connectivity index (χ0) is 19.9. The largest absolute Gasteiger partial charge is 0.296 e. The predicted octanol–water partition coefficient (Wildman–Crippen LogP) is 1.61. The Morgan fingerprint density at radius 3 is 2.21 bits per heavy atom. The minimum absolute atomic E-state index is 0.0944. The number of thiophene rings is 1. The highest BCUT2D eigenvalue weighted by molar-refractivity contribution is 7.89. The molecular formula is C18H23N3O4S3. The van der Waals surface area contributed by atoms with Crippen molar-refractivity contribution in [2.75, 3.05) is 19.6 Å². The van der Waals surface area contributed by atoms with Gasteiger partial charge in [0.05, 0.1) is 9.79 Å². The summed E-state index contributed by atoms with van der Waals surface area (Å²) in [6.07, 6.45) is 2.67. The fraction of sp³-hybridized carbons (Fsp3) is 0.444. The number of fused-ring (bicyclic) bond motifs is 1. The van der Waals surface area contributed by atoms with Gasteiger partial charge < -0.3 is 0 Å². The van der Waals surface area contributed by atoms with E-state index in [0.717, 1.165) is 32.4 Å². The number of piperidine rings is 1. The first-order chi connectivity index (χ1) is 13.2. The van der Waals surface area contributed by atoms with Gasteiger partial charge in [0.15, 0.2) is 0 Å². The van der Waals surface area contributed by atoms with Crippen LogP contribution in [0.15, 0.2) is 45.5 Å². The van der Waals surface area contributed by atoms with Gasteiger partial charge in [-0.05, 0) is 60.5 Å². The number of primary sulfonamides is 1. The number of rotatable bonds is 4. The molecule has 10 heteroatoms. The molecule has 1 fully saturated rings. The molecule has 0 bridgehead atoms. The molecule has 1 aromatic carbocycles. The summed E-state index contributed by atoms with van der Waals surface area (Å²) in [4.78, 5) is 3.95. The monoisotopic (exact) mass is 441 g/mol. The van der Waals surface area contributed by atoms with Crippen molar-refractivity contribution >= 4 is 31.4 Å². The Labute approximate surface area is 169 Å². The molecule has 152 valence electrons. The van der Waals surface area contributed by atoms with Crippen LogP contribution in [0.1, 0.15) is 23.3 Å². The molecule has 0 saturated carbocycles. The molecule has 2 aromatic rings. The molecule has 0 spiro atoms. The first-order valence-electron chi connectivity index (χ1n) is 9.17. The van der Waals surface area contributed by atoms with Crippen molar-refractivity contribution in [3.8, 4) is 0 Å². The zero-order valence-corrected chi connectivity index (χ0v) is 17.8. The molecular weight excluding hydrogens is 418 g/mol. The van der Waals surface area contributed by atoms with Crippen molar-refractivity contribution in [3.05, 3.63) is 46.2 Å². The van der Waals surface area contributed by atoms with Crippen molar-refractivity contribution in [2.45, 2.75) is 41.6 Å². The first kappa shape index (κ1) is 20.0. The third-order valence-corrected chi connectivity index (χ3v) is 9.43. The Morgan fingerprint density at radius 1 is 0.929 bits per heavy atom. The fourth-order valence-electron chi connectivity index (χ4n) is 3.98. The van der Waals surface area contributed by atoms with Gasteiger partial charge in [0.25, 0.3) is 0 Å². The van der Waals surface area contributed by atoms with Gasteiger partial charge in [-0.2, -0.15) is 4.31 Å². The average Bonchev–Trinajstić information content (AvgIpc) is 3.15. The minimum atomic E-state index is -3.84. The van der Waals surface area contributed by atoms with Crippen molar-refractivity contribution in [2.24, 2.45) is 5.14 Å². The lowest BCUT2D eigenvalue weighted by molar-refractivity contribution is 0.127. The summed E-state index contributed by atoms with van der Waals surface area (Å²) < 4.78 is 50.0. The summed E-state index contributed by atoms with van der Waals surface area (Å²) >= 11 is 1.82. The van der Waals surface area contributed by atoms with E-state index in [1.165, 1.54) is 39.0 Å². The highest BCUT2D eigenvalue weighted by Crippen LogP contribution is 2.29. The maximum atomic E-state index is 12.9. The van der Waals surface area contributed by atoms with Gasteiger partial charge in [-0.15, -0.1) is 11.3 Å². The summed E-state index contributed by atoms with van der Waals surface area (Å²) in [5.41, 5.74) is 1.40. The van der Waals surface area contributed by atoms with Crippen LogP contribution < -0.4 is 5.14 Å². The van der Waals surface area contributed by atoms with Crippen LogP contribution in [0.5, 0.6) is 0 Å². The summed E-state index contributed by atoms with van der Waals surface area (Å²) in [5.74, 6) is 0. The summed E-state index contributed by atoms with van der Waals surface area (Å²) in [6, 6.07) is 7.68. The van der Waals surface area contributed by atoms with Crippen LogP contribution in [-0.2, 0) is 33.0 Å². The van der Waals surface area contributed by atoms with Gasteiger partial charge in [-0.25, -0.2) is 22.0 Å². The molecule has 1 aromatic heterocycles. The van der Waals surface area contributed by atoms with Gasteiger partial charge >= 0.3 is 0 Å². The quantitative estimate of drug-likeness (QED) is 0.777. The van der Waals surface area contributed by atoms with Crippen LogP contribution in [0, 0.1) is 0 Å². The number of sulfonamides is 2. The highest BCUT2D eigenvalue weighted by Gasteiger charge is 2.33. The van der Waals surface area contributed by atoms with E-state index in [1.54, 1.807) is 0 Å². The molecule has 2 aliphatic heterocycles. The third-order valence-electron chi connectivity index (χ3n) is 5.57. The number of benzene rings is 1. The standard InChI is InChI=1S/C18H23N3O4S3/c19-27(22,23)16-1-3-17(4-2-16)28(24,25)21-10-5-15(6-11-21)20-9-7-18-14(13-20)8-12-26-18/h1-4,8,12,15H,5-7,9-11,13H2,(H2,19,22,23). The number of hydrogen-bond acceptors (Lipinski definition) is 6. The zero-order valence-electron chi connectivity index (χ0n) is 15.3. The van der Waals surface area contributed by atoms with Crippen LogP contribution in [0.25, 0.3) is 0 Å². The molecule has 28 heavy (non-hydrogen) atoms. The van der Waals surface area contributed by atoms with Crippen molar-refractivity contribution < 1.29 is 16.8 Å². The van der Waals surface area contributed by atoms with E-state index < -0.39 is 20.0 Å². The maximum Gasteiger partial charge on any atom is 0.243 e. The van der Waals surface area contributed by atoms with E-state index in [-0.39, 0.29) is 9.79 Å². The van der Waals surface area contributed by atoms with Crippen LogP contribution in [-0.4, -0.2) is 51.7 Å². The van der Waals surface area contributed by atoms with Gasteiger partial charge in [0.2, 0.25) is 20.0 Å².